The third-order valence-corrected chi connectivity index (χ3v) is 1.56. The van der Waals surface area contributed by atoms with Crippen molar-refractivity contribution in [2.45, 2.75) is 19.3 Å². The van der Waals surface area contributed by atoms with E-state index in [0.29, 0.717) is 31.6 Å². The first-order valence-electron chi connectivity index (χ1n) is 4.47. The standard InChI is InChI=1S/C10H13O4/c1-2-3-6-10(11)14-13-9-5-4-7-12-8-9/h4-5,7H,1-3,6,8H2. The van der Waals surface area contributed by atoms with Crippen LogP contribution in [0.1, 0.15) is 19.3 Å². The highest BCUT2D eigenvalue weighted by atomic mass is 17.2. The maximum atomic E-state index is 11.0. The van der Waals surface area contributed by atoms with Crippen molar-refractivity contribution in [2.75, 3.05) is 6.61 Å². The zero-order chi connectivity index (χ0) is 10.2. The molecular weight excluding hydrogens is 184 g/mol. The lowest BCUT2D eigenvalue weighted by Crippen LogP contribution is -2.08. The summed E-state index contributed by atoms with van der Waals surface area (Å²) in [6, 6.07) is 0. The van der Waals surface area contributed by atoms with E-state index in [9.17, 15) is 4.79 Å². The van der Waals surface area contributed by atoms with Gasteiger partial charge in [-0.25, -0.2) is 4.79 Å². The van der Waals surface area contributed by atoms with Crippen molar-refractivity contribution >= 4 is 5.97 Å². The monoisotopic (exact) mass is 197 g/mol. The van der Waals surface area contributed by atoms with Gasteiger partial charge in [-0.3, -0.25) is 9.78 Å². The van der Waals surface area contributed by atoms with Crippen LogP contribution in [0.3, 0.4) is 0 Å². The van der Waals surface area contributed by atoms with Crippen LogP contribution in [0.4, 0.5) is 0 Å². The van der Waals surface area contributed by atoms with Crippen LogP contribution in [0.5, 0.6) is 0 Å². The number of rotatable bonds is 5. The fraction of sp³-hybridized carbons (Fsp3) is 0.400. The summed E-state index contributed by atoms with van der Waals surface area (Å²) in [7, 11) is 0. The summed E-state index contributed by atoms with van der Waals surface area (Å²) in [6.07, 6.45) is 6.63. The maximum Gasteiger partial charge on any atom is 0.355 e. The Bertz CT molecular complexity index is 243. The molecule has 1 heterocycles. The SMILES string of the molecule is [CH2]CCCC(=O)OOC1=CC=COC1. The highest BCUT2D eigenvalue weighted by molar-refractivity contribution is 5.68. The van der Waals surface area contributed by atoms with Gasteiger partial charge < -0.3 is 4.74 Å². The Morgan fingerprint density at radius 3 is 3.14 bits per heavy atom. The third-order valence-electron chi connectivity index (χ3n) is 1.56. The average molecular weight is 197 g/mol. The lowest BCUT2D eigenvalue weighted by Gasteiger charge is -2.09. The van der Waals surface area contributed by atoms with Crippen molar-refractivity contribution in [2.24, 2.45) is 0 Å². The second-order valence-electron chi connectivity index (χ2n) is 2.77. The topological polar surface area (TPSA) is 44.8 Å². The van der Waals surface area contributed by atoms with E-state index in [1.807, 2.05) is 0 Å². The van der Waals surface area contributed by atoms with E-state index >= 15 is 0 Å². The first-order chi connectivity index (χ1) is 6.83. The minimum atomic E-state index is -0.385. The van der Waals surface area contributed by atoms with E-state index in [1.165, 1.54) is 6.26 Å². The molecule has 0 amide bonds. The molecule has 0 aromatic carbocycles. The van der Waals surface area contributed by atoms with Crippen molar-refractivity contribution in [3.05, 3.63) is 31.1 Å². The fourth-order valence-corrected chi connectivity index (χ4v) is 0.843. The molecule has 0 atom stereocenters. The van der Waals surface area contributed by atoms with Gasteiger partial charge in [0.2, 0.25) is 0 Å². The molecule has 0 spiro atoms. The van der Waals surface area contributed by atoms with Gasteiger partial charge >= 0.3 is 5.97 Å². The molecule has 1 rings (SSSR count). The molecule has 0 bridgehead atoms. The highest BCUT2D eigenvalue weighted by Gasteiger charge is 2.07. The Hall–Kier alpha value is -1.45. The summed E-state index contributed by atoms with van der Waals surface area (Å²) in [5.74, 6) is 0.0968. The van der Waals surface area contributed by atoms with Crippen LogP contribution in [-0.4, -0.2) is 12.6 Å². The number of allylic oxidation sites excluding steroid dienone is 2. The van der Waals surface area contributed by atoms with Crippen LogP contribution in [0, 0.1) is 6.92 Å². The van der Waals surface area contributed by atoms with Crippen LogP contribution < -0.4 is 0 Å². The second kappa shape index (κ2) is 6.07. The molecule has 0 aromatic rings. The molecule has 4 nitrogen and oxygen atoms in total. The minimum absolute atomic E-state index is 0.291. The zero-order valence-electron chi connectivity index (χ0n) is 7.90. The molecule has 0 saturated heterocycles. The lowest BCUT2D eigenvalue weighted by molar-refractivity contribution is -0.251. The normalized spacial score (nSPS) is 14.2. The van der Waals surface area contributed by atoms with Crippen LogP contribution >= 0.6 is 0 Å². The number of carbonyl (C=O) groups excluding carboxylic acids is 1. The summed E-state index contributed by atoms with van der Waals surface area (Å²) in [6.45, 7) is 3.91. The molecule has 1 radical (unpaired) electrons. The van der Waals surface area contributed by atoms with Crippen LogP contribution in [0.2, 0.25) is 0 Å². The Kier molecular flexibility index (Phi) is 4.61. The summed E-state index contributed by atoms with van der Waals surface area (Å²) >= 11 is 0. The molecule has 1 aliphatic heterocycles. The molecular formula is C10H13O4. The molecule has 0 N–H and O–H groups in total. The lowest BCUT2D eigenvalue weighted by atomic mass is 10.3. The van der Waals surface area contributed by atoms with Crippen LogP contribution in [0.15, 0.2) is 24.2 Å². The summed E-state index contributed by atoms with van der Waals surface area (Å²) in [5.41, 5.74) is 0. The van der Waals surface area contributed by atoms with E-state index in [1.54, 1.807) is 12.2 Å². The summed E-state index contributed by atoms with van der Waals surface area (Å²) in [5, 5.41) is 0. The number of hydrogen-bond acceptors (Lipinski definition) is 4. The molecule has 0 fully saturated rings. The van der Waals surface area contributed by atoms with E-state index in [4.69, 9.17) is 9.62 Å². The van der Waals surface area contributed by atoms with Crippen molar-refractivity contribution in [1.82, 2.24) is 0 Å². The molecule has 4 heteroatoms. The molecule has 0 unspecified atom stereocenters. The van der Waals surface area contributed by atoms with Gasteiger partial charge in [0.25, 0.3) is 0 Å². The predicted molar refractivity (Wildman–Crippen MR) is 49.6 cm³/mol. The summed E-state index contributed by atoms with van der Waals surface area (Å²) < 4.78 is 4.92. The Labute approximate surface area is 83.1 Å². The van der Waals surface area contributed by atoms with Crippen LogP contribution in [0.25, 0.3) is 0 Å². The van der Waals surface area contributed by atoms with E-state index in [-0.39, 0.29) is 5.97 Å². The van der Waals surface area contributed by atoms with Crippen molar-refractivity contribution in [3.63, 3.8) is 0 Å². The molecule has 0 aromatic heterocycles. The van der Waals surface area contributed by atoms with E-state index in [2.05, 4.69) is 11.8 Å². The van der Waals surface area contributed by atoms with E-state index < -0.39 is 0 Å². The largest absolute Gasteiger partial charge is 0.493 e. The number of hydrogen-bond donors (Lipinski definition) is 0. The Morgan fingerprint density at radius 2 is 2.50 bits per heavy atom. The molecule has 0 saturated carbocycles. The number of unbranched alkanes of at least 4 members (excludes halogenated alkanes) is 1. The van der Waals surface area contributed by atoms with Crippen LogP contribution in [-0.2, 0) is 19.3 Å². The van der Waals surface area contributed by atoms with E-state index in [0.717, 1.165) is 0 Å². The molecule has 0 aliphatic carbocycles. The Morgan fingerprint density at radius 1 is 1.64 bits per heavy atom. The number of carbonyl (C=O) groups is 1. The van der Waals surface area contributed by atoms with Gasteiger partial charge in [0, 0.05) is 0 Å². The molecule has 77 valence electrons. The van der Waals surface area contributed by atoms with Gasteiger partial charge in [0.1, 0.15) is 6.61 Å². The minimum Gasteiger partial charge on any atom is -0.493 e. The maximum absolute atomic E-state index is 11.0. The fourth-order valence-electron chi connectivity index (χ4n) is 0.843. The van der Waals surface area contributed by atoms with Gasteiger partial charge in [-0.1, -0.05) is 13.3 Å². The number of ether oxygens (including phenoxy) is 1. The smallest absolute Gasteiger partial charge is 0.355 e. The van der Waals surface area contributed by atoms with Gasteiger partial charge in [0.15, 0.2) is 5.76 Å². The summed E-state index contributed by atoms with van der Waals surface area (Å²) in [4.78, 5) is 20.3. The van der Waals surface area contributed by atoms with Crippen molar-refractivity contribution in [1.29, 1.82) is 0 Å². The van der Waals surface area contributed by atoms with Gasteiger partial charge in [-0.2, -0.15) is 0 Å². The average Bonchev–Trinajstić information content (AvgIpc) is 2.25. The predicted octanol–water partition coefficient (Wildman–Crippen LogP) is 1.89. The third kappa shape index (κ3) is 3.98. The Balaban J connectivity index is 2.16. The van der Waals surface area contributed by atoms with Gasteiger partial charge in [-0.05, 0) is 18.6 Å². The second-order valence-corrected chi connectivity index (χ2v) is 2.77. The van der Waals surface area contributed by atoms with Crippen molar-refractivity contribution < 1.29 is 19.3 Å². The van der Waals surface area contributed by atoms with Gasteiger partial charge in [0.05, 0.1) is 12.7 Å². The quantitative estimate of drug-likeness (QED) is 0.498. The molecule has 1 aliphatic rings. The highest BCUT2D eigenvalue weighted by Crippen LogP contribution is 2.06. The first kappa shape index (κ1) is 10.6. The first-order valence-corrected chi connectivity index (χ1v) is 4.47. The molecule has 14 heavy (non-hydrogen) atoms. The van der Waals surface area contributed by atoms with Gasteiger partial charge in [-0.15, -0.1) is 0 Å². The van der Waals surface area contributed by atoms with Crippen molar-refractivity contribution in [3.8, 4) is 0 Å². The zero-order valence-corrected chi connectivity index (χ0v) is 7.90.